The molecule has 1 atom stereocenters. The maximum atomic E-state index is 12.2. The molecule has 23 heavy (non-hydrogen) atoms. The Morgan fingerprint density at radius 3 is 2.61 bits per heavy atom. The van der Waals surface area contributed by atoms with Crippen molar-refractivity contribution in [3.63, 3.8) is 0 Å². The minimum Gasteiger partial charge on any atom is -0.444 e. The number of nitrogens with zero attached hydrogens (tertiary/aromatic N) is 1. The van der Waals surface area contributed by atoms with Crippen molar-refractivity contribution >= 4 is 6.09 Å². The van der Waals surface area contributed by atoms with Crippen LogP contribution in [-0.4, -0.2) is 54.5 Å². The molecular weight excluding hydrogens is 292 g/mol. The van der Waals surface area contributed by atoms with Gasteiger partial charge < -0.3 is 20.1 Å². The van der Waals surface area contributed by atoms with E-state index in [0.29, 0.717) is 11.3 Å². The molecule has 1 aliphatic carbocycles. The average Bonchev–Trinajstić information content (AvgIpc) is 2.85. The van der Waals surface area contributed by atoms with Gasteiger partial charge in [-0.1, -0.05) is 6.42 Å². The number of hydrogen-bond acceptors (Lipinski definition) is 4. The summed E-state index contributed by atoms with van der Waals surface area (Å²) >= 11 is 0. The van der Waals surface area contributed by atoms with Gasteiger partial charge in [0.2, 0.25) is 0 Å². The van der Waals surface area contributed by atoms with Crippen molar-refractivity contribution in [2.75, 3.05) is 32.8 Å². The van der Waals surface area contributed by atoms with Gasteiger partial charge in [-0.15, -0.1) is 0 Å². The summed E-state index contributed by atoms with van der Waals surface area (Å²) in [6.45, 7) is 9.60. The minimum absolute atomic E-state index is 0.164. The van der Waals surface area contributed by atoms with Crippen molar-refractivity contribution in [2.24, 2.45) is 11.3 Å². The molecule has 134 valence electrons. The van der Waals surface area contributed by atoms with Gasteiger partial charge in [0.05, 0.1) is 0 Å². The molecule has 2 fully saturated rings. The Labute approximate surface area is 140 Å². The molecule has 2 aliphatic rings. The topological polar surface area (TPSA) is 61.8 Å². The third-order valence-corrected chi connectivity index (χ3v) is 5.41. The molecule has 2 rings (SSSR count). The minimum atomic E-state index is -0.418. The summed E-state index contributed by atoms with van der Waals surface area (Å²) in [7, 11) is 0. The highest BCUT2D eigenvalue weighted by atomic mass is 16.6. The van der Waals surface area contributed by atoms with Gasteiger partial charge in [0.25, 0.3) is 0 Å². The number of likely N-dealkylation sites (tertiary alicyclic amines) is 1. The molecular formula is C18H34N2O3. The number of aliphatic hydroxyl groups is 1. The van der Waals surface area contributed by atoms with E-state index in [0.717, 1.165) is 45.4 Å². The van der Waals surface area contributed by atoms with E-state index in [-0.39, 0.29) is 12.7 Å². The van der Waals surface area contributed by atoms with Gasteiger partial charge in [-0.2, -0.15) is 0 Å². The fraction of sp³-hybridized carbons (Fsp3) is 0.944. The van der Waals surface area contributed by atoms with E-state index in [4.69, 9.17) is 9.84 Å². The molecule has 1 saturated heterocycles. The molecule has 0 radical (unpaired) electrons. The predicted octanol–water partition coefficient (Wildman–Crippen LogP) is 2.78. The lowest BCUT2D eigenvalue weighted by Crippen LogP contribution is -2.47. The zero-order valence-electron chi connectivity index (χ0n) is 15.1. The van der Waals surface area contributed by atoms with Crippen LogP contribution < -0.4 is 5.32 Å². The number of nitrogens with one attached hydrogen (secondary N) is 1. The number of hydrogen-bond donors (Lipinski definition) is 2. The van der Waals surface area contributed by atoms with E-state index >= 15 is 0 Å². The molecule has 5 heteroatoms. The van der Waals surface area contributed by atoms with Crippen molar-refractivity contribution in [3.8, 4) is 0 Å². The van der Waals surface area contributed by atoms with Crippen molar-refractivity contribution in [3.05, 3.63) is 0 Å². The lowest BCUT2D eigenvalue weighted by atomic mass is 9.70. The molecule has 1 heterocycles. The summed E-state index contributed by atoms with van der Waals surface area (Å²) in [5.74, 6) is 0.710. The molecule has 1 spiro atoms. The van der Waals surface area contributed by atoms with Crippen LogP contribution in [-0.2, 0) is 4.74 Å². The number of carbonyl (C=O) groups is 1. The molecule has 1 aliphatic heterocycles. The molecule has 1 amide bonds. The zero-order valence-corrected chi connectivity index (χ0v) is 15.1. The van der Waals surface area contributed by atoms with Crippen LogP contribution in [0.15, 0.2) is 0 Å². The lowest BCUT2D eigenvalue weighted by molar-refractivity contribution is 0.00422. The first-order chi connectivity index (χ1) is 10.9. The van der Waals surface area contributed by atoms with E-state index in [1.165, 1.54) is 19.3 Å². The molecule has 0 bridgehead atoms. The van der Waals surface area contributed by atoms with Crippen molar-refractivity contribution in [1.29, 1.82) is 0 Å². The Morgan fingerprint density at radius 2 is 2.00 bits per heavy atom. The fourth-order valence-corrected chi connectivity index (χ4v) is 4.13. The Balaban J connectivity index is 1.82. The largest absolute Gasteiger partial charge is 0.444 e. The van der Waals surface area contributed by atoms with Crippen LogP contribution in [0.25, 0.3) is 0 Å². The number of aliphatic hydroxyl groups excluding tert-OH is 1. The van der Waals surface area contributed by atoms with Crippen LogP contribution in [0.5, 0.6) is 0 Å². The third kappa shape index (κ3) is 5.08. The molecule has 2 N–H and O–H groups in total. The van der Waals surface area contributed by atoms with E-state index < -0.39 is 5.60 Å². The van der Waals surface area contributed by atoms with E-state index in [1.54, 1.807) is 0 Å². The predicted molar refractivity (Wildman–Crippen MR) is 91.4 cm³/mol. The standard InChI is InChI=1S/C18H34N2O3/c1-17(2,3)23-16(22)20-11-8-18(9-12-20)7-4-6-15(18)14-19-10-5-13-21/h15,19,21H,4-14H2,1-3H3. The summed E-state index contributed by atoms with van der Waals surface area (Å²) in [5, 5.41) is 12.4. The number of carbonyl (C=O) groups excluding carboxylic acids is 1. The zero-order chi connectivity index (χ0) is 16.9. The quantitative estimate of drug-likeness (QED) is 0.763. The van der Waals surface area contributed by atoms with Crippen LogP contribution in [0.4, 0.5) is 4.79 Å². The first-order valence-corrected chi connectivity index (χ1v) is 9.16. The molecule has 0 aromatic carbocycles. The fourth-order valence-electron chi connectivity index (χ4n) is 4.13. The summed E-state index contributed by atoms with van der Waals surface area (Å²) in [6.07, 6.45) is 6.74. The summed E-state index contributed by atoms with van der Waals surface area (Å²) in [5.41, 5.74) is -0.0105. The Kier molecular flexibility index (Phi) is 6.32. The number of piperidine rings is 1. The number of amides is 1. The van der Waals surface area contributed by atoms with Gasteiger partial charge in [0.15, 0.2) is 0 Å². The van der Waals surface area contributed by atoms with Gasteiger partial charge in [-0.3, -0.25) is 0 Å². The molecule has 5 nitrogen and oxygen atoms in total. The second-order valence-corrected chi connectivity index (χ2v) is 8.20. The molecule has 1 saturated carbocycles. The second-order valence-electron chi connectivity index (χ2n) is 8.20. The Hall–Kier alpha value is -0.810. The van der Waals surface area contributed by atoms with Crippen molar-refractivity contribution < 1.29 is 14.6 Å². The smallest absolute Gasteiger partial charge is 0.410 e. The molecule has 0 aromatic heterocycles. The number of rotatable bonds is 5. The maximum Gasteiger partial charge on any atom is 0.410 e. The highest BCUT2D eigenvalue weighted by Crippen LogP contribution is 2.50. The normalized spacial score (nSPS) is 24.2. The highest BCUT2D eigenvalue weighted by molar-refractivity contribution is 5.68. The molecule has 1 unspecified atom stereocenters. The average molecular weight is 326 g/mol. The molecule has 0 aromatic rings. The van der Waals surface area contributed by atoms with Gasteiger partial charge in [0, 0.05) is 19.7 Å². The van der Waals surface area contributed by atoms with Crippen molar-refractivity contribution in [1.82, 2.24) is 10.2 Å². The van der Waals surface area contributed by atoms with Gasteiger partial charge in [0.1, 0.15) is 5.60 Å². The first kappa shape index (κ1) is 18.5. The van der Waals surface area contributed by atoms with Gasteiger partial charge in [-0.05, 0) is 77.3 Å². The lowest BCUT2D eigenvalue weighted by Gasteiger charge is -2.43. The van der Waals surface area contributed by atoms with Crippen LogP contribution >= 0.6 is 0 Å². The summed E-state index contributed by atoms with van der Waals surface area (Å²) in [4.78, 5) is 14.1. The highest BCUT2D eigenvalue weighted by Gasteiger charge is 2.45. The van der Waals surface area contributed by atoms with Crippen LogP contribution in [0.1, 0.15) is 59.3 Å². The first-order valence-electron chi connectivity index (χ1n) is 9.16. The van der Waals surface area contributed by atoms with Crippen molar-refractivity contribution in [2.45, 2.75) is 64.9 Å². The third-order valence-electron chi connectivity index (χ3n) is 5.41. The number of ether oxygens (including phenoxy) is 1. The maximum absolute atomic E-state index is 12.2. The van der Waals surface area contributed by atoms with Crippen LogP contribution in [0.3, 0.4) is 0 Å². The SMILES string of the molecule is CC(C)(C)OC(=O)N1CCC2(CCCC2CNCCCO)CC1. The van der Waals surface area contributed by atoms with Crippen LogP contribution in [0, 0.1) is 11.3 Å². The monoisotopic (exact) mass is 326 g/mol. The van der Waals surface area contributed by atoms with E-state index in [2.05, 4.69) is 5.32 Å². The summed E-state index contributed by atoms with van der Waals surface area (Å²) in [6, 6.07) is 0. The van der Waals surface area contributed by atoms with E-state index in [1.807, 2.05) is 25.7 Å². The second kappa shape index (κ2) is 7.84. The summed E-state index contributed by atoms with van der Waals surface area (Å²) < 4.78 is 5.50. The van der Waals surface area contributed by atoms with E-state index in [9.17, 15) is 4.79 Å². The van der Waals surface area contributed by atoms with Crippen LogP contribution in [0.2, 0.25) is 0 Å². The Morgan fingerprint density at radius 1 is 1.30 bits per heavy atom. The van der Waals surface area contributed by atoms with Gasteiger partial charge >= 0.3 is 6.09 Å². The van der Waals surface area contributed by atoms with Gasteiger partial charge in [-0.25, -0.2) is 4.79 Å². The Bertz CT molecular complexity index is 384.